The lowest BCUT2D eigenvalue weighted by Crippen LogP contribution is -1.95. The van der Waals surface area contributed by atoms with Crippen LogP contribution in [0.15, 0.2) is 59.7 Å². The second kappa shape index (κ2) is 6.41. The molecule has 0 fully saturated rings. The molecule has 1 N–H and O–H groups in total. The molecule has 2 aromatic carbocycles. The lowest BCUT2D eigenvalue weighted by Gasteiger charge is -2.02. The lowest BCUT2D eigenvalue weighted by atomic mass is 10.2. The zero-order chi connectivity index (χ0) is 16.2. The number of halogens is 1. The molecule has 0 spiro atoms. The number of hydrogen-bond donors (Lipinski definition) is 1. The molecule has 0 bridgehead atoms. The molecule has 0 saturated heterocycles. The van der Waals surface area contributed by atoms with Gasteiger partial charge in [0, 0.05) is 17.0 Å². The van der Waals surface area contributed by atoms with Crippen LogP contribution in [0.5, 0.6) is 0 Å². The van der Waals surface area contributed by atoms with Crippen molar-refractivity contribution < 1.29 is 4.92 Å². The molecular weight excluding hydrogens is 316 g/mol. The molecule has 3 aromatic rings. The van der Waals surface area contributed by atoms with Crippen molar-refractivity contribution in [2.24, 2.45) is 5.10 Å². The Morgan fingerprint density at radius 2 is 2.00 bits per heavy atom. The Morgan fingerprint density at radius 1 is 1.17 bits per heavy atom. The number of nitrogens with zero attached hydrogens (tertiary/aromatic N) is 3. The van der Waals surface area contributed by atoms with Crippen molar-refractivity contribution in [3.05, 3.63) is 75.3 Å². The Labute approximate surface area is 136 Å². The minimum Gasteiger partial charge on any atom is -0.261 e. The van der Waals surface area contributed by atoms with Crippen molar-refractivity contribution in [1.82, 2.24) is 4.98 Å². The van der Waals surface area contributed by atoms with Gasteiger partial charge in [0.1, 0.15) is 10.8 Å². The van der Waals surface area contributed by atoms with E-state index in [0.29, 0.717) is 11.4 Å². The molecule has 0 aliphatic rings. The van der Waals surface area contributed by atoms with Crippen molar-refractivity contribution in [2.45, 2.75) is 0 Å². The van der Waals surface area contributed by atoms with Crippen LogP contribution in [0, 0.1) is 10.1 Å². The summed E-state index contributed by atoms with van der Waals surface area (Å²) < 4.78 is 0. The predicted octanol–water partition coefficient (Wildman–Crippen LogP) is 4.24. The topological polar surface area (TPSA) is 80.4 Å². The number of fused-ring (bicyclic) bond motifs is 1. The highest BCUT2D eigenvalue weighted by Gasteiger charge is 2.11. The fourth-order valence-corrected chi connectivity index (χ4v) is 2.24. The van der Waals surface area contributed by atoms with Gasteiger partial charge in [-0.3, -0.25) is 15.5 Å². The van der Waals surface area contributed by atoms with E-state index in [-0.39, 0.29) is 10.7 Å². The summed E-state index contributed by atoms with van der Waals surface area (Å²) in [6, 6.07) is 16.0. The summed E-state index contributed by atoms with van der Waals surface area (Å²) in [5.74, 6) is 0.586. The smallest absolute Gasteiger partial charge is 0.261 e. The molecule has 0 unspecified atom stereocenters. The molecule has 0 radical (unpaired) electrons. The molecule has 0 aliphatic carbocycles. The number of anilines is 1. The van der Waals surface area contributed by atoms with E-state index in [1.54, 1.807) is 6.07 Å². The third-order valence-corrected chi connectivity index (χ3v) is 3.48. The summed E-state index contributed by atoms with van der Waals surface area (Å²) in [6.07, 6.45) is 1.47. The minimum atomic E-state index is -0.530. The number of para-hydroxylation sites is 1. The summed E-state index contributed by atoms with van der Waals surface area (Å²) in [6.45, 7) is 0. The van der Waals surface area contributed by atoms with Gasteiger partial charge in [-0.15, -0.1) is 0 Å². The maximum Gasteiger partial charge on any atom is 0.288 e. The first-order chi connectivity index (χ1) is 11.1. The fraction of sp³-hybridized carbons (Fsp3) is 0. The fourth-order valence-electron chi connectivity index (χ4n) is 2.05. The number of hydrazone groups is 1. The molecule has 0 atom stereocenters. The number of benzene rings is 2. The third-order valence-electron chi connectivity index (χ3n) is 3.16. The summed E-state index contributed by atoms with van der Waals surface area (Å²) in [7, 11) is 0. The van der Waals surface area contributed by atoms with Gasteiger partial charge < -0.3 is 0 Å². The molecule has 7 heteroatoms. The highest BCUT2D eigenvalue weighted by atomic mass is 35.5. The van der Waals surface area contributed by atoms with Gasteiger partial charge in [-0.2, -0.15) is 5.10 Å². The first kappa shape index (κ1) is 14.9. The van der Waals surface area contributed by atoms with Crippen LogP contribution in [-0.4, -0.2) is 16.1 Å². The number of nitrogens with one attached hydrogen (secondary N) is 1. The Balaban J connectivity index is 1.77. The van der Waals surface area contributed by atoms with Crippen LogP contribution in [0.1, 0.15) is 5.56 Å². The van der Waals surface area contributed by atoms with E-state index >= 15 is 0 Å². The average Bonchev–Trinajstić information content (AvgIpc) is 2.56. The largest absolute Gasteiger partial charge is 0.288 e. The van der Waals surface area contributed by atoms with E-state index in [1.165, 1.54) is 18.3 Å². The monoisotopic (exact) mass is 326 g/mol. The van der Waals surface area contributed by atoms with Crippen LogP contribution in [-0.2, 0) is 0 Å². The molecular formula is C16H11ClN4O2. The summed E-state index contributed by atoms with van der Waals surface area (Å²) in [4.78, 5) is 14.7. The maximum absolute atomic E-state index is 10.8. The Bertz CT molecular complexity index is 911. The molecule has 1 heterocycles. The van der Waals surface area contributed by atoms with E-state index in [4.69, 9.17) is 11.6 Å². The van der Waals surface area contributed by atoms with Gasteiger partial charge in [-0.25, -0.2) is 4.98 Å². The van der Waals surface area contributed by atoms with E-state index < -0.39 is 4.92 Å². The second-order valence-corrected chi connectivity index (χ2v) is 5.13. The first-order valence-electron chi connectivity index (χ1n) is 6.72. The third kappa shape index (κ3) is 3.44. The molecule has 114 valence electrons. The predicted molar refractivity (Wildman–Crippen MR) is 91.1 cm³/mol. The molecule has 0 aliphatic heterocycles. The highest BCUT2D eigenvalue weighted by molar-refractivity contribution is 6.32. The molecule has 0 amide bonds. The molecule has 6 nitrogen and oxygen atoms in total. The van der Waals surface area contributed by atoms with Crippen LogP contribution in [0.4, 0.5) is 11.5 Å². The first-order valence-corrected chi connectivity index (χ1v) is 7.10. The zero-order valence-electron chi connectivity index (χ0n) is 11.8. The minimum absolute atomic E-state index is 0.0938. The van der Waals surface area contributed by atoms with Crippen molar-refractivity contribution >= 4 is 40.2 Å². The van der Waals surface area contributed by atoms with Gasteiger partial charge in [0.05, 0.1) is 16.7 Å². The maximum atomic E-state index is 10.8. The standard InChI is InChI=1S/C16H11ClN4O2/c17-13-7-5-11(9-15(13)21(22)23)10-18-20-16-8-6-12-3-1-2-4-14(12)19-16/h1-10H,(H,19,20). The van der Waals surface area contributed by atoms with Crippen molar-refractivity contribution in [1.29, 1.82) is 0 Å². The van der Waals surface area contributed by atoms with E-state index in [2.05, 4.69) is 15.5 Å². The van der Waals surface area contributed by atoms with E-state index in [0.717, 1.165) is 10.9 Å². The number of nitro benzene ring substituents is 1. The van der Waals surface area contributed by atoms with Crippen molar-refractivity contribution in [2.75, 3.05) is 5.43 Å². The van der Waals surface area contributed by atoms with Gasteiger partial charge in [0.2, 0.25) is 0 Å². The van der Waals surface area contributed by atoms with Crippen LogP contribution >= 0.6 is 11.6 Å². The van der Waals surface area contributed by atoms with Gasteiger partial charge in [-0.05, 0) is 24.3 Å². The molecule has 1 aromatic heterocycles. The summed E-state index contributed by atoms with van der Waals surface area (Å²) >= 11 is 5.76. The quantitative estimate of drug-likeness (QED) is 0.441. The highest BCUT2D eigenvalue weighted by Crippen LogP contribution is 2.24. The van der Waals surface area contributed by atoms with E-state index in [9.17, 15) is 10.1 Å². The molecule has 23 heavy (non-hydrogen) atoms. The number of aromatic nitrogens is 1. The average molecular weight is 327 g/mol. The van der Waals surface area contributed by atoms with Crippen LogP contribution in [0.2, 0.25) is 5.02 Å². The van der Waals surface area contributed by atoms with Gasteiger partial charge in [-0.1, -0.05) is 35.9 Å². The van der Waals surface area contributed by atoms with Gasteiger partial charge >= 0.3 is 0 Å². The van der Waals surface area contributed by atoms with Crippen molar-refractivity contribution in [3.63, 3.8) is 0 Å². The normalized spacial score (nSPS) is 11.0. The van der Waals surface area contributed by atoms with Gasteiger partial charge in [0.15, 0.2) is 0 Å². The van der Waals surface area contributed by atoms with E-state index in [1.807, 2.05) is 36.4 Å². The second-order valence-electron chi connectivity index (χ2n) is 4.73. The van der Waals surface area contributed by atoms with Gasteiger partial charge in [0.25, 0.3) is 5.69 Å². The Morgan fingerprint density at radius 3 is 2.83 bits per heavy atom. The van der Waals surface area contributed by atoms with Crippen LogP contribution < -0.4 is 5.43 Å². The Hall–Kier alpha value is -2.99. The summed E-state index contributed by atoms with van der Waals surface area (Å²) in [5.41, 5.74) is 4.07. The lowest BCUT2D eigenvalue weighted by molar-refractivity contribution is -0.384. The number of hydrogen-bond acceptors (Lipinski definition) is 5. The Kier molecular flexibility index (Phi) is 4.16. The molecule has 0 saturated carbocycles. The SMILES string of the molecule is O=[N+]([O-])c1cc(C=NNc2ccc3ccccc3n2)ccc1Cl. The number of rotatable bonds is 4. The van der Waals surface area contributed by atoms with Crippen LogP contribution in [0.25, 0.3) is 10.9 Å². The molecule has 3 rings (SSSR count). The zero-order valence-corrected chi connectivity index (χ0v) is 12.6. The number of nitro groups is 1. The van der Waals surface area contributed by atoms with Crippen LogP contribution in [0.3, 0.4) is 0 Å². The summed E-state index contributed by atoms with van der Waals surface area (Å²) in [5, 5.41) is 16.0. The number of pyridine rings is 1. The van der Waals surface area contributed by atoms with Crippen molar-refractivity contribution in [3.8, 4) is 0 Å².